The first kappa shape index (κ1) is 48.9. The van der Waals surface area contributed by atoms with Gasteiger partial charge in [0.15, 0.2) is 24.0 Å². The van der Waals surface area contributed by atoms with Crippen LogP contribution >= 0.6 is 0 Å². The minimum absolute atomic E-state index is 0.000607. The molecule has 0 saturated carbocycles. The molecule has 59 heavy (non-hydrogen) atoms. The van der Waals surface area contributed by atoms with Gasteiger partial charge in [0.2, 0.25) is 0 Å². The number of imidazole rings is 1. The second kappa shape index (κ2) is 20.0. The summed E-state index contributed by atoms with van der Waals surface area (Å²) in [7, 11) is 8.95. The standard InChI is InChI=1S/C44H73N3O12/c1-17-32-43(10,59-41(50)47-19-18-45-24-47)22-26(3)34(48)25(2)21-42(8,9)37(58-40-36(51-14)31(46(12)13)20-27(4)54-40)28(5)35(29(6)39(49)56-32)57-33-23-44(11,53-16)38(52-15)30(7)55-33/h18-19,22,24-25,27-33,35-38,40H,17,20-21,23H2,1-16H3/b26-22+/t25?,27?,28?,29?,30?,31?,32-,33?,35?,36?,37?,38?,40?,43?,44?/m1/s1. The third-order valence-corrected chi connectivity index (χ3v) is 12.9. The van der Waals surface area contributed by atoms with Gasteiger partial charge in [-0.3, -0.25) is 9.59 Å². The quantitative estimate of drug-likeness (QED) is 0.245. The van der Waals surface area contributed by atoms with Crippen LogP contribution < -0.4 is 0 Å². The summed E-state index contributed by atoms with van der Waals surface area (Å²) in [4.78, 5) is 48.6. The van der Waals surface area contributed by atoms with E-state index in [2.05, 4.69) is 23.7 Å². The van der Waals surface area contributed by atoms with E-state index in [9.17, 15) is 14.4 Å². The maximum Gasteiger partial charge on any atom is 0.420 e. The van der Waals surface area contributed by atoms with Crippen LogP contribution in [-0.2, 0) is 52.2 Å². The minimum atomic E-state index is -1.54. The Morgan fingerprint density at radius 1 is 0.949 bits per heavy atom. The number of aromatic nitrogens is 2. The van der Waals surface area contributed by atoms with Crippen molar-refractivity contribution in [1.82, 2.24) is 14.5 Å². The van der Waals surface area contributed by atoms with E-state index in [0.29, 0.717) is 18.4 Å². The summed E-state index contributed by atoms with van der Waals surface area (Å²) < 4.78 is 58.8. The SMILES string of the molecule is CC[C@H]1OC(=O)C(C)C(OC2CC(C)(OC)C(OC)C(C)O2)C(C)C(OC2OC(C)CC(N(C)C)C2OC)C(C)(C)CC(C)C(=O)/C(C)=C/C1(C)OC(=O)n1ccnc1. The van der Waals surface area contributed by atoms with Crippen LogP contribution in [-0.4, -0.2) is 140 Å². The number of ether oxygens (including phenoxy) is 9. The summed E-state index contributed by atoms with van der Waals surface area (Å²) >= 11 is 0. The number of ketones is 1. The molecule has 3 aliphatic rings. The molecule has 0 N–H and O–H groups in total. The fraction of sp³-hybridized carbons (Fsp3) is 0.818. The van der Waals surface area contributed by atoms with Crippen molar-refractivity contribution in [2.24, 2.45) is 23.2 Å². The maximum absolute atomic E-state index is 14.7. The monoisotopic (exact) mass is 836 g/mol. The number of cyclic esters (lactones) is 1. The van der Waals surface area contributed by atoms with Crippen LogP contribution in [0.4, 0.5) is 4.79 Å². The lowest BCUT2D eigenvalue weighted by Gasteiger charge is -2.50. The third kappa shape index (κ3) is 11.0. The molecule has 14 unspecified atom stereocenters. The smallest absolute Gasteiger partial charge is 0.420 e. The van der Waals surface area contributed by atoms with Gasteiger partial charge in [0, 0.05) is 58.0 Å². The molecular formula is C44H73N3O12. The van der Waals surface area contributed by atoms with Crippen molar-refractivity contribution in [1.29, 1.82) is 0 Å². The number of allylic oxidation sites excluding steroid dienone is 1. The Labute approximate surface area is 352 Å². The van der Waals surface area contributed by atoms with Crippen molar-refractivity contribution in [2.75, 3.05) is 35.4 Å². The van der Waals surface area contributed by atoms with Gasteiger partial charge in [-0.1, -0.05) is 34.6 Å². The summed E-state index contributed by atoms with van der Waals surface area (Å²) in [6, 6.07) is 0.000607. The van der Waals surface area contributed by atoms with Crippen LogP contribution in [0.15, 0.2) is 30.4 Å². The highest BCUT2D eigenvalue weighted by Crippen LogP contribution is 2.44. The van der Waals surface area contributed by atoms with Crippen LogP contribution in [0.3, 0.4) is 0 Å². The molecule has 4 rings (SSSR count). The van der Waals surface area contributed by atoms with Crippen LogP contribution in [0.1, 0.15) is 102 Å². The largest absolute Gasteiger partial charge is 0.457 e. The molecule has 15 nitrogen and oxygen atoms in total. The van der Waals surface area contributed by atoms with Crippen molar-refractivity contribution in [3.63, 3.8) is 0 Å². The van der Waals surface area contributed by atoms with Gasteiger partial charge in [0.1, 0.15) is 24.6 Å². The zero-order chi connectivity index (χ0) is 44.2. The Bertz CT molecular complexity index is 1590. The Kier molecular flexibility index (Phi) is 16.5. The van der Waals surface area contributed by atoms with Gasteiger partial charge >= 0.3 is 12.1 Å². The highest BCUT2D eigenvalue weighted by Gasteiger charge is 2.52. The topological polar surface area (TPSA) is 155 Å². The fourth-order valence-electron chi connectivity index (χ4n) is 9.80. The van der Waals surface area contributed by atoms with E-state index in [4.69, 9.17) is 42.6 Å². The molecule has 0 aliphatic carbocycles. The Hall–Kier alpha value is -2.76. The molecule has 1 aromatic rings. The molecule has 2 fully saturated rings. The zero-order valence-corrected chi connectivity index (χ0v) is 38.4. The molecular weight excluding hydrogens is 762 g/mol. The molecule has 4 heterocycles. The van der Waals surface area contributed by atoms with E-state index in [1.807, 2.05) is 55.6 Å². The van der Waals surface area contributed by atoms with E-state index in [1.54, 1.807) is 48.2 Å². The number of hydrogen-bond donors (Lipinski definition) is 0. The van der Waals surface area contributed by atoms with Gasteiger partial charge in [-0.15, -0.1) is 0 Å². The third-order valence-electron chi connectivity index (χ3n) is 12.9. The lowest BCUT2D eigenvalue weighted by atomic mass is 9.70. The van der Waals surface area contributed by atoms with Gasteiger partial charge in [-0.2, -0.15) is 0 Å². The van der Waals surface area contributed by atoms with Gasteiger partial charge in [0.05, 0.1) is 35.9 Å². The number of rotatable bonds is 10. The number of nitrogens with zero attached hydrogens (tertiary/aromatic N) is 3. The van der Waals surface area contributed by atoms with E-state index in [-0.39, 0.29) is 30.5 Å². The first-order valence-electron chi connectivity index (χ1n) is 21.1. The predicted molar refractivity (Wildman–Crippen MR) is 219 cm³/mol. The first-order chi connectivity index (χ1) is 27.6. The number of esters is 1. The Morgan fingerprint density at radius 2 is 1.63 bits per heavy atom. The molecule has 0 radical (unpaired) electrons. The summed E-state index contributed by atoms with van der Waals surface area (Å²) in [5.74, 6) is -2.64. The van der Waals surface area contributed by atoms with Crippen molar-refractivity contribution in [2.45, 2.75) is 174 Å². The molecule has 15 heteroatoms. The van der Waals surface area contributed by atoms with Crippen LogP contribution in [0, 0.1) is 23.2 Å². The number of carbonyl (C=O) groups excluding carboxylic acids is 3. The minimum Gasteiger partial charge on any atom is -0.457 e. The lowest BCUT2D eigenvalue weighted by Crippen LogP contribution is -2.59. The van der Waals surface area contributed by atoms with Crippen LogP contribution in [0.5, 0.6) is 0 Å². The molecule has 3 aliphatic heterocycles. The van der Waals surface area contributed by atoms with Gasteiger partial charge in [0.25, 0.3) is 0 Å². The number of hydrogen-bond acceptors (Lipinski definition) is 14. The number of carbonyl (C=O) groups is 3. The first-order valence-corrected chi connectivity index (χ1v) is 21.1. The van der Waals surface area contributed by atoms with Crippen molar-refractivity contribution >= 4 is 17.8 Å². The van der Waals surface area contributed by atoms with E-state index in [0.717, 1.165) is 6.42 Å². The van der Waals surface area contributed by atoms with Gasteiger partial charge < -0.3 is 47.5 Å². The number of Topliss-reactive ketones (excluding diaryl/α,β-unsaturated/α-hetero) is 1. The molecule has 2 saturated heterocycles. The van der Waals surface area contributed by atoms with E-state index >= 15 is 0 Å². The summed E-state index contributed by atoms with van der Waals surface area (Å²) in [6.45, 7) is 20.9. The van der Waals surface area contributed by atoms with E-state index in [1.165, 1.54) is 23.3 Å². The van der Waals surface area contributed by atoms with Crippen molar-refractivity contribution in [3.05, 3.63) is 30.4 Å². The highest BCUT2D eigenvalue weighted by molar-refractivity contribution is 5.96. The molecule has 0 spiro atoms. The van der Waals surface area contributed by atoms with Gasteiger partial charge in [-0.05, 0) is 92.0 Å². The Balaban J connectivity index is 1.88. The van der Waals surface area contributed by atoms with Crippen molar-refractivity contribution in [3.8, 4) is 0 Å². The predicted octanol–water partition coefficient (Wildman–Crippen LogP) is 6.21. The zero-order valence-electron chi connectivity index (χ0n) is 38.4. The molecule has 0 amide bonds. The summed E-state index contributed by atoms with van der Waals surface area (Å²) in [5.41, 5.74) is -2.65. The molecule has 0 bridgehead atoms. The van der Waals surface area contributed by atoms with Crippen LogP contribution in [0.25, 0.3) is 0 Å². The van der Waals surface area contributed by atoms with E-state index < -0.39 is 89.5 Å². The lowest BCUT2D eigenvalue weighted by molar-refractivity contribution is -0.316. The maximum atomic E-state index is 14.7. The normalized spacial score (nSPS) is 41.1. The van der Waals surface area contributed by atoms with Crippen molar-refractivity contribution < 1.29 is 57.0 Å². The summed E-state index contributed by atoms with van der Waals surface area (Å²) in [5, 5.41) is 0. The Morgan fingerprint density at radius 3 is 2.19 bits per heavy atom. The van der Waals surface area contributed by atoms with Gasteiger partial charge in [-0.25, -0.2) is 14.3 Å². The highest BCUT2D eigenvalue weighted by atomic mass is 16.7. The molecule has 336 valence electrons. The molecule has 1 aromatic heterocycles. The second-order valence-electron chi connectivity index (χ2n) is 18.4. The fourth-order valence-corrected chi connectivity index (χ4v) is 9.80. The molecule has 0 aromatic carbocycles. The molecule has 15 atom stereocenters. The number of likely N-dealkylation sites (N-methyl/N-ethyl adjacent to an activating group) is 1. The average Bonchev–Trinajstić information content (AvgIpc) is 3.72. The number of methoxy groups -OCH3 is 3. The average molecular weight is 836 g/mol. The second-order valence-corrected chi connectivity index (χ2v) is 18.4. The van der Waals surface area contributed by atoms with Crippen LogP contribution in [0.2, 0.25) is 0 Å². The summed E-state index contributed by atoms with van der Waals surface area (Å²) in [6.07, 6.45) is 1.37.